The van der Waals surface area contributed by atoms with Crippen molar-refractivity contribution < 1.29 is 8.42 Å². The lowest BCUT2D eigenvalue weighted by atomic mass is 10.1. The van der Waals surface area contributed by atoms with Crippen LogP contribution in [-0.2, 0) is 10.0 Å². The maximum Gasteiger partial charge on any atom is 0.253 e. The summed E-state index contributed by atoms with van der Waals surface area (Å²) < 4.78 is 28.9. The molecule has 0 bridgehead atoms. The van der Waals surface area contributed by atoms with Gasteiger partial charge in [-0.05, 0) is 46.3 Å². The molecular formula is C18H23BrN2O2S2. The van der Waals surface area contributed by atoms with Crippen LogP contribution in [0.25, 0.3) is 0 Å². The normalized spacial score (nSPS) is 20.2. The molecule has 1 aromatic heterocycles. The summed E-state index contributed by atoms with van der Waals surface area (Å²) in [5.41, 5.74) is 1.27. The van der Waals surface area contributed by atoms with Crippen LogP contribution in [-0.4, -0.2) is 43.3 Å². The van der Waals surface area contributed by atoms with Crippen molar-refractivity contribution in [2.75, 3.05) is 19.6 Å². The van der Waals surface area contributed by atoms with Gasteiger partial charge >= 0.3 is 0 Å². The van der Waals surface area contributed by atoms with Crippen LogP contribution in [0.15, 0.2) is 50.5 Å². The Morgan fingerprint density at radius 2 is 2.04 bits per heavy atom. The predicted molar refractivity (Wildman–Crippen MR) is 106 cm³/mol. The third-order valence-corrected chi connectivity index (χ3v) is 9.55. The number of likely N-dealkylation sites (N-methyl/N-ethyl adjacent to an activating group) is 1. The molecule has 2 aromatic rings. The zero-order valence-corrected chi connectivity index (χ0v) is 17.6. The van der Waals surface area contributed by atoms with Crippen molar-refractivity contribution in [2.24, 2.45) is 0 Å². The van der Waals surface area contributed by atoms with Gasteiger partial charge in [-0.1, -0.05) is 37.3 Å². The molecule has 1 aliphatic rings. The van der Waals surface area contributed by atoms with Crippen molar-refractivity contribution in [1.82, 2.24) is 9.21 Å². The summed E-state index contributed by atoms with van der Waals surface area (Å²) >= 11 is 4.64. The number of likely N-dealkylation sites (tertiary alicyclic amines) is 1. The second-order valence-corrected chi connectivity index (χ2v) is 10.1. The van der Waals surface area contributed by atoms with Crippen LogP contribution in [0.5, 0.6) is 0 Å². The van der Waals surface area contributed by atoms with Crippen molar-refractivity contribution in [2.45, 2.75) is 36.6 Å². The third-order valence-electron chi connectivity index (χ3n) is 4.87. The van der Waals surface area contributed by atoms with Gasteiger partial charge in [0.1, 0.15) is 4.21 Å². The topological polar surface area (TPSA) is 40.6 Å². The van der Waals surface area contributed by atoms with Crippen LogP contribution in [0, 0.1) is 0 Å². The van der Waals surface area contributed by atoms with E-state index in [0.29, 0.717) is 21.3 Å². The molecule has 0 radical (unpaired) electrons. The van der Waals surface area contributed by atoms with Crippen molar-refractivity contribution >= 4 is 37.3 Å². The van der Waals surface area contributed by atoms with Gasteiger partial charge in [-0.3, -0.25) is 4.90 Å². The van der Waals surface area contributed by atoms with E-state index in [1.165, 1.54) is 16.9 Å². The van der Waals surface area contributed by atoms with E-state index in [4.69, 9.17) is 0 Å². The van der Waals surface area contributed by atoms with Crippen LogP contribution >= 0.6 is 27.3 Å². The molecule has 0 N–H and O–H groups in total. The Balaban J connectivity index is 1.77. The number of hydrogen-bond donors (Lipinski definition) is 0. The van der Waals surface area contributed by atoms with Gasteiger partial charge in [0.25, 0.3) is 10.0 Å². The second kappa shape index (κ2) is 7.88. The van der Waals surface area contributed by atoms with E-state index >= 15 is 0 Å². The first-order valence-corrected chi connectivity index (χ1v) is 11.6. The minimum absolute atomic E-state index is 0.0233. The first kappa shape index (κ1) is 19.0. The zero-order valence-electron chi connectivity index (χ0n) is 14.4. The summed E-state index contributed by atoms with van der Waals surface area (Å²) in [6, 6.07) is 12.5. The fourth-order valence-corrected chi connectivity index (χ4v) is 7.57. The molecule has 1 aliphatic heterocycles. The number of nitrogens with zero attached hydrogens (tertiary/aromatic N) is 2. The molecule has 1 fully saturated rings. The first-order valence-electron chi connectivity index (χ1n) is 8.49. The highest BCUT2D eigenvalue weighted by atomic mass is 79.9. The van der Waals surface area contributed by atoms with Crippen LogP contribution in [0.3, 0.4) is 0 Å². The summed E-state index contributed by atoms with van der Waals surface area (Å²) in [7, 11) is -3.46. The zero-order chi connectivity index (χ0) is 18.0. The lowest BCUT2D eigenvalue weighted by Crippen LogP contribution is -2.41. The highest BCUT2D eigenvalue weighted by Gasteiger charge is 2.37. The molecule has 2 unspecified atom stereocenters. The lowest BCUT2D eigenvalue weighted by molar-refractivity contribution is 0.239. The highest BCUT2D eigenvalue weighted by molar-refractivity contribution is 9.10. The molecule has 136 valence electrons. The van der Waals surface area contributed by atoms with Gasteiger partial charge in [-0.15, -0.1) is 11.3 Å². The van der Waals surface area contributed by atoms with Gasteiger partial charge in [0.2, 0.25) is 0 Å². The van der Waals surface area contributed by atoms with Gasteiger partial charge in [0, 0.05) is 36.2 Å². The van der Waals surface area contributed by atoms with Crippen molar-refractivity contribution in [3.05, 3.63) is 51.8 Å². The number of benzene rings is 1. The van der Waals surface area contributed by atoms with Gasteiger partial charge in [-0.25, -0.2) is 8.42 Å². The number of thiophene rings is 1. The quantitative estimate of drug-likeness (QED) is 0.666. The molecule has 25 heavy (non-hydrogen) atoms. The summed E-state index contributed by atoms with van der Waals surface area (Å²) in [6.07, 6.45) is 0.868. The predicted octanol–water partition coefficient (Wildman–Crippen LogP) is 4.36. The fourth-order valence-electron chi connectivity index (χ4n) is 3.49. The largest absolute Gasteiger partial charge is 0.295 e. The minimum atomic E-state index is -3.46. The van der Waals surface area contributed by atoms with Crippen LogP contribution < -0.4 is 0 Å². The van der Waals surface area contributed by atoms with Crippen molar-refractivity contribution in [1.29, 1.82) is 0 Å². The minimum Gasteiger partial charge on any atom is -0.295 e. The molecule has 4 nitrogen and oxygen atoms in total. The molecular weight excluding hydrogens is 420 g/mol. The van der Waals surface area contributed by atoms with Crippen molar-refractivity contribution in [3.63, 3.8) is 0 Å². The number of sulfonamides is 1. The monoisotopic (exact) mass is 442 g/mol. The van der Waals surface area contributed by atoms with Crippen LogP contribution in [0.2, 0.25) is 0 Å². The van der Waals surface area contributed by atoms with Gasteiger partial charge in [0.15, 0.2) is 0 Å². The molecule has 1 saturated heterocycles. The third kappa shape index (κ3) is 3.85. The van der Waals surface area contributed by atoms with E-state index in [-0.39, 0.29) is 6.04 Å². The van der Waals surface area contributed by atoms with E-state index < -0.39 is 10.0 Å². The highest BCUT2D eigenvalue weighted by Crippen LogP contribution is 2.34. The molecule has 0 spiro atoms. The fraction of sp³-hybridized carbons (Fsp3) is 0.444. The van der Waals surface area contributed by atoms with Crippen molar-refractivity contribution in [3.8, 4) is 0 Å². The summed E-state index contributed by atoms with van der Waals surface area (Å²) in [4.78, 5) is 2.38. The van der Waals surface area contributed by atoms with E-state index in [1.54, 1.807) is 10.4 Å². The Labute approximate surface area is 162 Å². The molecule has 1 aromatic carbocycles. The van der Waals surface area contributed by atoms with E-state index in [0.717, 1.165) is 19.5 Å². The molecule has 3 rings (SSSR count). The molecule has 2 atom stereocenters. The average molecular weight is 443 g/mol. The lowest BCUT2D eigenvalue weighted by Gasteiger charge is -2.29. The van der Waals surface area contributed by atoms with Gasteiger partial charge in [0.05, 0.1) is 0 Å². The number of hydrogen-bond acceptors (Lipinski definition) is 4. The Morgan fingerprint density at radius 3 is 2.64 bits per heavy atom. The second-order valence-electron chi connectivity index (χ2n) is 6.29. The maximum absolute atomic E-state index is 13.1. The maximum atomic E-state index is 13.1. The number of rotatable bonds is 6. The molecule has 2 heterocycles. The van der Waals surface area contributed by atoms with Crippen LogP contribution in [0.4, 0.5) is 0 Å². The standard InChI is InChI=1S/C18H23BrN2O2S2/c1-3-21(25(22,23)18-17(19)10-12-24-18)16-9-11-20(13-16)14(2)15-7-5-4-6-8-15/h4-8,10,12,14,16H,3,9,11,13H2,1-2H3. The van der Waals surface area contributed by atoms with E-state index in [1.807, 2.05) is 18.4 Å². The Morgan fingerprint density at radius 1 is 1.32 bits per heavy atom. The molecule has 0 saturated carbocycles. The molecule has 0 amide bonds. The molecule has 0 aliphatic carbocycles. The Hall–Kier alpha value is -0.730. The first-order chi connectivity index (χ1) is 11.9. The Kier molecular flexibility index (Phi) is 6.00. The molecule has 7 heteroatoms. The van der Waals surface area contributed by atoms with E-state index in [9.17, 15) is 8.42 Å². The number of halogens is 1. The smallest absolute Gasteiger partial charge is 0.253 e. The van der Waals surface area contributed by atoms with Gasteiger partial charge < -0.3 is 0 Å². The SMILES string of the molecule is CCN(C1CCN(C(C)c2ccccc2)C1)S(=O)(=O)c1sccc1Br. The van der Waals surface area contributed by atoms with E-state index in [2.05, 4.69) is 52.0 Å². The summed E-state index contributed by atoms with van der Waals surface area (Å²) in [6.45, 7) is 6.29. The summed E-state index contributed by atoms with van der Waals surface area (Å²) in [5, 5.41) is 1.81. The average Bonchev–Trinajstić information content (AvgIpc) is 3.25. The van der Waals surface area contributed by atoms with Crippen LogP contribution in [0.1, 0.15) is 31.9 Å². The van der Waals surface area contributed by atoms with Gasteiger partial charge in [-0.2, -0.15) is 4.31 Å². The Bertz CT molecular complexity index is 807. The summed E-state index contributed by atoms with van der Waals surface area (Å²) in [5.74, 6) is 0.